The second-order valence-electron chi connectivity index (χ2n) is 5.61. The van der Waals surface area contributed by atoms with E-state index in [9.17, 15) is 4.79 Å². The molecule has 2 aromatic rings. The number of halogens is 1. The number of amides is 1. The lowest BCUT2D eigenvalue weighted by atomic mass is 10.0. The first-order valence-corrected chi connectivity index (χ1v) is 7.85. The van der Waals surface area contributed by atoms with E-state index in [2.05, 4.69) is 10.3 Å². The molecule has 22 heavy (non-hydrogen) atoms. The van der Waals surface area contributed by atoms with Crippen molar-refractivity contribution in [2.24, 2.45) is 7.05 Å². The van der Waals surface area contributed by atoms with Gasteiger partial charge >= 0.3 is 0 Å². The van der Waals surface area contributed by atoms with Crippen molar-refractivity contribution in [1.29, 1.82) is 0 Å². The van der Waals surface area contributed by atoms with E-state index in [-0.39, 0.29) is 11.9 Å². The van der Waals surface area contributed by atoms with Gasteiger partial charge in [-0.3, -0.25) is 9.48 Å². The van der Waals surface area contributed by atoms with Crippen molar-refractivity contribution < 1.29 is 9.32 Å². The lowest BCUT2D eigenvalue weighted by molar-refractivity contribution is 0.0728. The maximum Gasteiger partial charge on any atom is 0.276 e. The Labute approximate surface area is 134 Å². The number of likely N-dealkylation sites (tertiary alicyclic amines) is 1. The molecule has 0 aliphatic carbocycles. The fourth-order valence-corrected chi connectivity index (χ4v) is 3.42. The number of aromatic nitrogens is 3. The summed E-state index contributed by atoms with van der Waals surface area (Å²) in [6.45, 7) is 4.65. The van der Waals surface area contributed by atoms with Gasteiger partial charge in [-0.05, 0) is 19.8 Å². The zero-order valence-electron chi connectivity index (χ0n) is 13.0. The lowest BCUT2D eigenvalue weighted by Gasteiger charge is -2.24. The zero-order valence-corrected chi connectivity index (χ0v) is 13.7. The molecule has 0 aromatic carbocycles. The molecule has 0 bridgehead atoms. The highest BCUT2D eigenvalue weighted by molar-refractivity contribution is 6.33. The number of hydrogen-bond donors (Lipinski definition) is 0. The molecule has 118 valence electrons. The Bertz CT molecular complexity index is 706. The topological polar surface area (TPSA) is 64.2 Å². The Balaban J connectivity index is 1.95. The van der Waals surface area contributed by atoms with E-state index in [1.807, 2.05) is 18.7 Å². The zero-order chi connectivity index (χ0) is 15.9. The van der Waals surface area contributed by atoms with Gasteiger partial charge in [-0.1, -0.05) is 23.7 Å². The van der Waals surface area contributed by atoms with Crippen LogP contribution in [0.1, 0.15) is 53.3 Å². The smallest absolute Gasteiger partial charge is 0.276 e. The average molecular weight is 323 g/mol. The van der Waals surface area contributed by atoms with Gasteiger partial charge in [0.2, 0.25) is 0 Å². The third kappa shape index (κ3) is 2.41. The Kier molecular flexibility index (Phi) is 3.95. The van der Waals surface area contributed by atoms with Gasteiger partial charge in [0.05, 0.1) is 16.8 Å². The van der Waals surface area contributed by atoms with Crippen LogP contribution in [-0.4, -0.2) is 32.3 Å². The van der Waals surface area contributed by atoms with E-state index in [0.717, 1.165) is 36.3 Å². The molecule has 7 heteroatoms. The van der Waals surface area contributed by atoms with E-state index in [1.165, 1.54) is 0 Å². The van der Waals surface area contributed by atoms with Crippen molar-refractivity contribution in [3.05, 3.63) is 33.9 Å². The molecular formula is C15H19ClN4O2. The van der Waals surface area contributed by atoms with E-state index in [0.29, 0.717) is 17.3 Å². The fourth-order valence-electron chi connectivity index (χ4n) is 3.16. The summed E-state index contributed by atoms with van der Waals surface area (Å²) in [6.07, 6.45) is 4.26. The number of rotatable bonds is 3. The molecule has 3 rings (SSSR count). The summed E-state index contributed by atoms with van der Waals surface area (Å²) in [7, 11) is 1.75. The minimum Gasteiger partial charge on any atom is -0.361 e. The van der Waals surface area contributed by atoms with Gasteiger partial charge in [0.25, 0.3) is 5.91 Å². The molecule has 1 aliphatic rings. The van der Waals surface area contributed by atoms with Crippen LogP contribution in [0, 0.1) is 6.92 Å². The lowest BCUT2D eigenvalue weighted by Crippen LogP contribution is -2.31. The molecular weight excluding hydrogens is 304 g/mol. The van der Waals surface area contributed by atoms with Crippen LogP contribution in [0.5, 0.6) is 0 Å². The molecule has 2 aromatic heterocycles. The van der Waals surface area contributed by atoms with Crippen LogP contribution in [0.25, 0.3) is 0 Å². The van der Waals surface area contributed by atoms with Crippen LogP contribution in [0.4, 0.5) is 0 Å². The number of aryl methyl sites for hydroxylation is 3. The Morgan fingerprint density at radius 2 is 2.32 bits per heavy atom. The predicted molar refractivity (Wildman–Crippen MR) is 81.8 cm³/mol. The first kappa shape index (κ1) is 15.1. The van der Waals surface area contributed by atoms with E-state index in [1.54, 1.807) is 17.9 Å². The molecule has 1 atom stereocenters. The minimum atomic E-state index is -0.129. The van der Waals surface area contributed by atoms with E-state index >= 15 is 0 Å². The van der Waals surface area contributed by atoms with Gasteiger partial charge < -0.3 is 9.42 Å². The van der Waals surface area contributed by atoms with E-state index in [4.69, 9.17) is 16.1 Å². The van der Waals surface area contributed by atoms with Crippen molar-refractivity contribution in [3.8, 4) is 0 Å². The van der Waals surface area contributed by atoms with Gasteiger partial charge in [0.15, 0.2) is 5.69 Å². The third-order valence-corrected chi connectivity index (χ3v) is 4.41. The summed E-state index contributed by atoms with van der Waals surface area (Å²) in [4.78, 5) is 14.7. The molecule has 1 saturated heterocycles. The highest BCUT2D eigenvalue weighted by atomic mass is 35.5. The quantitative estimate of drug-likeness (QED) is 0.871. The average Bonchev–Trinajstić information content (AvgIpc) is 3.16. The summed E-state index contributed by atoms with van der Waals surface area (Å²) >= 11 is 6.12. The van der Waals surface area contributed by atoms with Gasteiger partial charge in [0, 0.05) is 31.8 Å². The summed E-state index contributed by atoms with van der Waals surface area (Å²) in [5.74, 6) is 0.727. The van der Waals surface area contributed by atoms with Gasteiger partial charge in [-0.2, -0.15) is 5.10 Å². The minimum absolute atomic E-state index is 0.00762. The summed E-state index contributed by atoms with van der Waals surface area (Å²) in [5.41, 5.74) is 2.21. The van der Waals surface area contributed by atoms with Crippen LogP contribution >= 0.6 is 11.6 Å². The molecule has 3 heterocycles. The van der Waals surface area contributed by atoms with Crippen molar-refractivity contribution in [2.75, 3.05) is 6.54 Å². The van der Waals surface area contributed by atoms with Gasteiger partial charge in [-0.25, -0.2) is 0 Å². The standard InChI is InChI=1S/C15H19ClN4O2/c1-4-12-13(9(2)18-22-12)11-6-5-7-20(11)15(21)14-10(16)8-19(3)17-14/h8,11H,4-7H2,1-3H3. The SMILES string of the molecule is CCc1onc(C)c1C1CCCN1C(=O)c1nn(C)cc1Cl. The molecule has 0 radical (unpaired) electrons. The van der Waals surface area contributed by atoms with Gasteiger partial charge in [-0.15, -0.1) is 0 Å². The van der Waals surface area contributed by atoms with Crippen LogP contribution in [0.15, 0.2) is 10.7 Å². The first-order valence-electron chi connectivity index (χ1n) is 7.48. The largest absolute Gasteiger partial charge is 0.361 e. The van der Waals surface area contributed by atoms with Crippen molar-refractivity contribution in [3.63, 3.8) is 0 Å². The van der Waals surface area contributed by atoms with Crippen molar-refractivity contribution in [1.82, 2.24) is 19.8 Å². The summed E-state index contributed by atoms with van der Waals surface area (Å²) < 4.78 is 6.94. The second kappa shape index (κ2) is 5.76. The van der Waals surface area contributed by atoms with Crippen molar-refractivity contribution >= 4 is 17.5 Å². The number of carbonyl (C=O) groups is 1. The summed E-state index contributed by atoms with van der Waals surface area (Å²) in [5, 5.41) is 8.64. The van der Waals surface area contributed by atoms with Crippen LogP contribution < -0.4 is 0 Å². The van der Waals surface area contributed by atoms with Crippen LogP contribution in [-0.2, 0) is 13.5 Å². The van der Waals surface area contributed by atoms with Gasteiger partial charge in [0.1, 0.15) is 5.76 Å². The van der Waals surface area contributed by atoms with Crippen LogP contribution in [0.2, 0.25) is 5.02 Å². The fraction of sp³-hybridized carbons (Fsp3) is 0.533. The van der Waals surface area contributed by atoms with Crippen LogP contribution in [0.3, 0.4) is 0 Å². The molecule has 1 amide bonds. The maximum atomic E-state index is 12.8. The number of carbonyl (C=O) groups excluding carboxylic acids is 1. The first-order chi connectivity index (χ1) is 10.5. The third-order valence-electron chi connectivity index (χ3n) is 4.14. The highest BCUT2D eigenvalue weighted by Crippen LogP contribution is 2.37. The van der Waals surface area contributed by atoms with Crippen molar-refractivity contribution in [2.45, 2.75) is 39.2 Å². The molecule has 1 unspecified atom stereocenters. The molecule has 1 aliphatic heterocycles. The molecule has 0 spiro atoms. The predicted octanol–water partition coefficient (Wildman–Crippen LogP) is 2.91. The molecule has 0 saturated carbocycles. The Morgan fingerprint density at radius 3 is 2.95 bits per heavy atom. The Morgan fingerprint density at radius 1 is 1.55 bits per heavy atom. The number of hydrogen-bond acceptors (Lipinski definition) is 4. The Hall–Kier alpha value is -1.82. The summed E-state index contributed by atoms with van der Waals surface area (Å²) in [6, 6.07) is -0.00762. The normalized spacial score (nSPS) is 18.2. The molecule has 1 fully saturated rings. The molecule has 0 N–H and O–H groups in total. The monoisotopic (exact) mass is 322 g/mol. The highest BCUT2D eigenvalue weighted by Gasteiger charge is 2.36. The molecule has 6 nitrogen and oxygen atoms in total. The second-order valence-corrected chi connectivity index (χ2v) is 6.02. The number of nitrogens with zero attached hydrogens (tertiary/aromatic N) is 4. The maximum absolute atomic E-state index is 12.8. The van der Waals surface area contributed by atoms with E-state index < -0.39 is 0 Å².